The van der Waals surface area contributed by atoms with Crippen LogP contribution in [0.4, 0.5) is 9.59 Å². The maximum atomic E-state index is 9.80. The fraction of sp³-hybridized carbons (Fsp3) is 0.250. The summed E-state index contributed by atoms with van der Waals surface area (Å²) in [6.45, 7) is 3.83. The Labute approximate surface area is 81.1 Å². The van der Waals surface area contributed by atoms with Crippen molar-refractivity contribution < 1.29 is 28.9 Å². The van der Waals surface area contributed by atoms with Crippen LogP contribution in [-0.2, 0) is 14.2 Å². The number of rotatable bonds is 1. The van der Waals surface area contributed by atoms with Gasteiger partial charge in [0.2, 0.25) is 0 Å². The summed E-state index contributed by atoms with van der Waals surface area (Å²) < 4.78 is 12.3. The van der Waals surface area contributed by atoms with E-state index < -0.39 is 12.3 Å². The highest BCUT2D eigenvalue weighted by Crippen LogP contribution is 1.92. The van der Waals surface area contributed by atoms with Gasteiger partial charge >= 0.3 is 12.3 Å². The Balaban J connectivity index is 0. The van der Waals surface area contributed by atoms with Crippen LogP contribution in [0.2, 0.25) is 0 Å². The predicted molar refractivity (Wildman–Crippen MR) is 46.5 cm³/mol. The van der Waals surface area contributed by atoms with Crippen LogP contribution in [0.1, 0.15) is 0 Å². The summed E-state index contributed by atoms with van der Waals surface area (Å²) in [6.07, 6.45) is 6.97. The number of hydrogen-bond acceptors (Lipinski definition) is 5. The molecule has 1 rings (SSSR count). The van der Waals surface area contributed by atoms with E-state index in [9.17, 15) is 9.59 Å². The van der Waals surface area contributed by atoms with Crippen LogP contribution in [0.3, 0.4) is 0 Å². The summed E-state index contributed by atoms with van der Waals surface area (Å²) in [7, 11) is 0. The molecular weight excluding hydrogens is 192 g/mol. The average Bonchev–Trinajstić information content (AvgIpc) is 2.60. The van der Waals surface area contributed by atoms with Gasteiger partial charge in [0.25, 0.3) is 0 Å². The van der Waals surface area contributed by atoms with Crippen molar-refractivity contribution >= 4 is 12.3 Å². The van der Waals surface area contributed by atoms with Crippen LogP contribution < -0.4 is 0 Å². The molecule has 6 heteroatoms. The number of ether oxygens (including phenoxy) is 3. The highest BCUT2D eigenvalue weighted by atomic mass is 16.8. The van der Waals surface area contributed by atoms with E-state index in [2.05, 4.69) is 33.6 Å². The first-order valence-corrected chi connectivity index (χ1v) is 3.30. The van der Waals surface area contributed by atoms with Crippen molar-refractivity contribution in [1.29, 1.82) is 0 Å². The van der Waals surface area contributed by atoms with Gasteiger partial charge in [-0.1, -0.05) is 6.58 Å². The van der Waals surface area contributed by atoms with Gasteiger partial charge in [-0.3, -0.25) is 0 Å². The van der Waals surface area contributed by atoms with Crippen molar-refractivity contribution in [3.8, 4) is 12.8 Å². The van der Waals surface area contributed by atoms with E-state index >= 15 is 0 Å². The SMILES string of the molecule is C#C.C=COC(=O)O.O=C1OCCO1. The van der Waals surface area contributed by atoms with E-state index in [0.717, 1.165) is 6.26 Å². The lowest BCUT2D eigenvalue weighted by atomic mass is 10.8. The number of cyclic esters (lactones) is 2. The Morgan fingerprint density at radius 3 is 2.00 bits per heavy atom. The van der Waals surface area contributed by atoms with E-state index in [1.165, 1.54) is 0 Å². The van der Waals surface area contributed by atoms with Gasteiger partial charge in [-0.05, 0) is 0 Å². The highest BCUT2D eigenvalue weighted by Gasteiger charge is 2.09. The molecule has 1 saturated heterocycles. The maximum Gasteiger partial charge on any atom is 0.510 e. The molecule has 0 aliphatic carbocycles. The van der Waals surface area contributed by atoms with E-state index in [-0.39, 0.29) is 0 Å². The Morgan fingerprint density at radius 1 is 1.50 bits per heavy atom. The van der Waals surface area contributed by atoms with E-state index in [0.29, 0.717) is 13.2 Å². The molecule has 1 aliphatic heterocycles. The summed E-state index contributed by atoms with van der Waals surface area (Å²) >= 11 is 0. The zero-order valence-electron chi connectivity index (χ0n) is 7.34. The Hall–Kier alpha value is -2.16. The topological polar surface area (TPSA) is 82.1 Å². The molecule has 0 saturated carbocycles. The molecule has 0 radical (unpaired) electrons. The van der Waals surface area contributed by atoms with Crippen molar-refractivity contribution in [3.05, 3.63) is 12.8 Å². The van der Waals surface area contributed by atoms with Crippen LogP contribution in [0.15, 0.2) is 12.8 Å². The molecule has 1 heterocycles. The lowest BCUT2D eigenvalue weighted by Gasteiger charge is -1.81. The smallest absolute Gasteiger partial charge is 0.449 e. The van der Waals surface area contributed by atoms with Gasteiger partial charge in [0, 0.05) is 0 Å². The van der Waals surface area contributed by atoms with Crippen LogP contribution >= 0.6 is 0 Å². The molecule has 0 bridgehead atoms. The van der Waals surface area contributed by atoms with Crippen LogP contribution in [-0.4, -0.2) is 30.6 Å². The van der Waals surface area contributed by atoms with Gasteiger partial charge in [0.15, 0.2) is 0 Å². The number of hydrogen-bond donors (Lipinski definition) is 1. The van der Waals surface area contributed by atoms with Crippen molar-refractivity contribution in [2.24, 2.45) is 0 Å². The number of carboxylic acid groups (broad SMARTS) is 1. The van der Waals surface area contributed by atoms with Gasteiger partial charge in [0.05, 0.1) is 6.26 Å². The summed E-state index contributed by atoms with van der Waals surface area (Å²) in [4.78, 5) is 19.1. The van der Waals surface area contributed by atoms with Crippen LogP contribution in [0.5, 0.6) is 0 Å². The minimum atomic E-state index is -1.33. The van der Waals surface area contributed by atoms with Crippen molar-refractivity contribution in [2.75, 3.05) is 13.2 Å². The zero-order valence-corrected chi connectivity index (χ0v) is 7.34. The summed E-state index contributed by atoms with van der Waals surface area (Å²) in [5.41, 5.74) is 0. The molecule has 14 heavy (non-hydrogen) atoms. The number of carbonyl (C=O) groups excluding carboxylic acids is 1. The standard InChI is InChI=1S/2C3H4O3.C2H2/c4-3-5-1-2-6-3;1-2-6-3(4)5;1-2/h1-2H2;2H,1H2,(H,4,5);1-2H. The molecule has 78 valence electrons. The first kappa shape index (κ1) is 14.4. The van der Waals surface area contributed by atoms with E-state index in [1.54, 1.807) is 0 Å². The molecule has 0 aromatic carbocycles. The Kier molecular flexibility index (Phi) is 11.1. The van der Waals surface area contributed by atoms with Gasteiger partial charge in [-0.25, -0.2) is 9.59 Å². The lowest BCUT2D eigenvalue weighted by molar-refractivity contribution is 0.128. The predicted octanol–water partition coefficient (Wildman–Crippen LogP) is 1.23. The molecule has 1 N–H and O–H groups in total. The quantitative estimate of drug-likeness (QED) is 0.391. The van der Waals surface area contributed by atoms with E-state index in [1.807, 2.05) is 0 Å². The largest absolute Gasteiger partial charge is 0.510 e. The number of terminal acetylenes is 1. The second kappa shape index (κ2) is 10.8. The molecule has 0 spiro atoms. The Morgan fingerprint density at radius 2 is 1.93 bits per heavy atom. The minimum absolute atomic E-state index is 0.416. The molecule has 0 unspecified atom stereocenters. The Bertz CT molecular complexity index is 199. The van der Waals surface area contributed by atoms with Gasteiger partial charge in [-0.2, -0.15) is 0 Å². The fourth-order valence-electron chi connectivity index (χ4n) is 0.363. The maximum absolute atomic E-state index is 9.80. The molecule has 0 aromatic heterocycles. The third kappa shape index (κ3) is 12.5. The van der Waals surface area contributed by atoms with E-state index in [4.69, 9.17) is 5.11 Å². The normalized spacial score (nSPS) is 11.4. The van der Waals surface area contributed by atoms with Crippen LogP contribution in [0.25, 0.3) is 0 Å². The first-order valence-electron chi connectivity index (χ1n) is 3.30. The third-order valence-electron chi connectivity index (χ3n) is 0.707. The fourth-order valence-corrected chi connectivity index (χ4v) is 0.363. The molecule has 0 atom stereocenters. The molecule has 6 nitrogen and oxygen atoms in total. The van der Waals surface area contributed by atoms with Crippen molar-refractivity contribution in [2.45, 2.75) is 0 Å². The highest BCUT2D eigenvalue weighted by molar-refractivity contribution is 5.61. The van der Waals surface area contributed by atoms with Crippen molar-refractivity contribution in [3.63, 3.8) is 0 Å². The van der Waals surface area contributed by atoms with Gasteiger partial charge in [0.1, 0.15) is 13.2 Å². The van der Waals surface area contributed by atoms with Gasteiger partial charge in [-0.15, -0.1) is 12.8 Å². The monoisotopic (exact) mass is 202 g/mol. The summed E-state index contributed by atoms with van der Waals surface area (Å²) in [6, 6.07) is 0. The molecule has 1 aliphatic rings. The molecular formula is C8H10O6. The zero-order chi connectivity index (χ0) is 11.4. The molecule has 0 amide bonds. The second-order valence-corrected chi connectivity index (χ2v) is 1.50. The first-order chi connectivity index (χ1) is 6.66. The summed E-state index contributed by atoms with van der Waals surface area (Å²) in [5.74, 6) is 0. The average molecular weight is 202 g/mol. The molecule has 0 aromatic rings. The second-order valence-electron chi connectivity index (χ2n) is 1.50. The number of carbonyl (C=O) groups is 2. The molecule has 1 fully saturated rings. The third-order valence-corrected chi connectivity index (χ3v) is 0.707. The van der Waals surface area contributed by atoms with Crippen molar-refractivity contribution in [1.82, 2.24) is 0 Å². The minimum Gasteiger partial charge on any atom is -0.449 e. The van der Waals surface area contributed by atoms with Crippen LogP contribution in [0, 0.1) is 12.8 Å². The lowest BCUT2D eigenvalue weighted by Crippen LogP contribution is -1.89. The summed E-state index contributed by atoms with van der Waals surface area (Å²) in [5, 5.41) is 7.62. The van der Waals surface area contributed by atoms with Gasteiger partial charge < -0.3 is 19.3 Å².